The Bertz CT molecular complexity index is 1010. The Balaban J connectivity index is 1.41. The smallest absolute Gasteiger partial charge is 0.253 e. The van der Waals surface area contributed by atoms with E-state index >= 15 is 0 Å². The lowest BCUT2D eigenvalue weighted by atomic mass is 10.1. The molecule has 3 aromatic rings. The molecule has 1 fully saturated rings. The summed E-state index contributed by atoms with van der Waals surface area (Å²) in [5, 5.41) is 11.6. The first-order valence-electron chi connectivity index (χ1n) is 10.2. The first kappa shape index (κ1) is 20.1. The van der Waals surface area contributed by atoms with Crippen LogP contribution >= 0.6 is 0 Å². The Morgan fingerprint density at radius 3 is 2.67 bits per heavy atom. The van der Waals surface area contributed by atoms with Gasteiger partial charge >= 0.3 is 0 Å². The predicted molar refractivity (Wildman–Crippen MR) is 113 cm³/mol. The highest BCUT2D eigenvalue weighted by molar-refractivity contribution is 5.94. The van der Waals surface area contributed by atoms with Crippen molar-refractivity contribution in [1.82, 2.24) is 15.2 Å². The fraction of sp³-hybridized carbons (Fsp3) is 0.348. The largest absolute Gasteiger partial charge is 0.436 e. The molecular formula is C23H25N3O4. The van der Waals surface area contributed by atoms with Gasteiger partial charge in [-0.2, -0.15) is 0 Å². The molecule has 4 rings (SSSR count). The highest BCUT2D eigenvalue weighted by Crippen LogP contribution is 2.30. The molecule has 1 saturated carbocycles. The van der Waals surface area contributed by atoms with Crippen molar-refractivity contribution >= 4 is 22.9 Å². The molecule has 2 atom stereocenters. The van der Waals surface area contributed by atoms with E-state index in [9.17, 15) is 9.59 Å². The van der Waals surface area contributed by atoms with Crippen LogP contribution in [0.2, 0.25) is 0 Å². The number of hydrogen-bond donors (Lipinski definition) is 2. The number of aromatic nitrogens is 1. The van der Waals surface area contributed by atoms with Gasteiger partial charge in [0.2, 0.25) is 11.8 Å². The van der Waals surface area contributed by atoms with Crippen LogP contribution in [0, 0.1) is 5.92 Å². The van der Waals surface area contributed by atoms with E-state index in [1.807, 2.05) is 36.4 Å². The summed E-state index contributed by atoms with van der Waals surface area (Å²) in [6.45, 7) is 0.195. The van der Waals surface area contributed by atoms with Crippen molar-refractivity contribution in [3.8, 4) is 11.5 Å². The summed E-state index contributed by atoms with van der Waals surface area (Å²) < 4.78 is 5.79. The van der Waals surface area contributed by atoms with Gasteiger partial charge in [0.15, 0.2) is 5.58 Å². The summed E-state index contributed by atoms with van der Waals surface area (Å²) in [4.78, 5) is 31.2. The Morgan fingerprint density at radius 1 is 1.17 bits per heavy atom. The minimum absolute atomic E-state index is 0.0269. The molecule has 2 amide bonds. The number of nitrogens with zero attached hydrogens (tertiary/aromatic N) is 2. The lowest BCUT2D eigenvalue weighted by molar-refractivity contribution is -0.125. The molecule has 0 radical (unpaired) electrons. The average Bonchev–Trinajstić information content (AvgIpc) is 3.44. The Morgan fingerprint density at radius 2 is 1.93 bits per heavy atom. The van der Waals surface area contributed by atoms with Crippen molar-refractivity contribution in [2.24, 2.45) is 5.92 Å². The van der Waals surface area contributed by atoms with Crippen molar-refractivity contribution in [3.63, 3.8) is 0 Å². The third-order valence-electron chi connectivity index (χ3n) is 5.73. The average molecular weight is 407 g/mol. The zero-order chi connectivity index (χ0) is 21.1. The molecule has 1 aliphatic carbocycles. The number of hydrogen-bond acceptors (Lipinski definition) is 5. The fourth-order valence-electron chi connectivity index (χ4n) is 3.99. The number of nitrogens with one attached hydrogen (secondary N) is 1. The molecule has 2 aromatic carbocycles. The Kier molecular flexibility index (Phi) is 5.81. The lowest BCUT2D eigenvalue weighted by Gasteiger charge is -2.25. The summed E-state index contributed by atoms with van der Waals surface area (Å²) in [5.41, 5.74) is 2.93. The van der Waals surface area contributed by atoms with Crippen molar-refractivity contribution in [2.75, 3.05) is 20.2 Å². The van der Waals surface area contributed by atoms with Gasteiger partial charge in [-0.3, -0.25) is 9.59 Å². The maximum absolute atomic E-state index is 12.9. The number of aliphatic hydroxyl groups is 1. The van der Waals surface area contributed by atoms with E-state index in [1.165, 1.54) is 0 Å². The normalized spacial score (nSPS) is 18.5. The van der Waals surface area contributed by atoms with E-state index in [4.69, 9.17) is 9.52 Å². The maximum atomic E-state index is 12.9. The van der Waals surface area contributed by atoms with Crippen LogP contribution in [-0.2, 0) is 4.79 Å². The standard InChI is InChI=1S/C23H25N3O4/c1-26(18-11-10-17(14-18)21(28)24-12-13-27)23(29)16-8-6-15(7-9-16)22-25-19-4-2-3-5-20(19)30-22/h2-9,17-18,27H,10-14H2,1H3,(H,24,28)/t17-,18+/m0/s1. The summed E-state index contributed by atoms with van der Waals surface area (Å²) in [7, 11) is 1.79. The predicted octanol–water partition coefficient (Wildman–Crippen LogP) is 2.84. The topological polar surface area (TPSA) is 95.7 Å². The monoisotopic (exact) mass is 407 g/mol. The quantitative estimate of drug-likeness (QED) is 0.655. The molecule has 30 heavy (non-hydrogen) atoms. The van der Waals surface area contributed by atoms with Crippen LogP contribution in [0.4, 0.5) is 0 Å². The SMILES string of the molecule is CN(C(=O)c1ccc(-c2nc3ccccc3o2)cc1)[C@@H]1CC[C@H](C(=O)NCCO)C1. The van der Waals surface area contributed by atoms with Gasteiger partial charge in [0.05, 0.1) is 6.61 Å². The van der Waals surface area contributed by atoms with Crippen molar-refractivity contribution < 1.29 is 19.1 Å². The maximum Gasteiger partial charge on any atom is 0.253 e. The third kappa shape index (κ3) is 4.07. The van der Waals surface area contributed by atoms with E-state index in [2.05, 4.69) is 10.3 Å². The molecule has 0 unspecified atom stereocenters. The van der Waals surface area contributed by atoms with Crippen LogP contribution < -0.4 is 5.32 Å². The number of amides is 2. The minimum atomic E-state index is -0.113. The van der Waals surface area contributed by atoms with E-state index in [-0.39, 0.29) is 36.9 Å². The van der Waals surface area contributed by atoms with Gasteiger partial charge in [0.1, 0.15) is 5.52 Å². The van der Waals surface area contributed by atoms with Gasteiger partial charge < -0.3 is 19.7 Å². The summed E-state index contributed by atoms with van der Waals surface area (Å²) >= 11 is 0. The zero-order valence-corrected chi connectivity index (χ0v) is 16.9. The van der Waals surface area contributed by atoms with E-state index < -0.39 is 0 Å². The molecule has 0 spiro atoms. The second kappa shape index (κ2) is 8.67. The lowest BCUT2D eigenvalue weighted by Crippen LogP contribution is -2.37. The van der Waals surface area contributed by atoms with Crippen molar-refractivity contribution in [3.05, 3.63) is 54.1 Å². The van der Waals surface area contributed by atoms with Crippen LogP contribution in [0.25, 0.3) is 22.6 Å². The first-order valence-corrected chi connectivity index (χ1v) is 10.2. The number of rotatable bonds is 6. The molecule has 156 valence electrons. The Labute approximate surface area is 174 Å². The van der Waals surface area contributed by atoms with Crippen LogP contribution in [0.3, 0.4) is 0 Å². The van der Waals surface area contributed by atoms with Crippen molar-refractivity contribution in [1.29, 1.82) is 0 Å². The molecule has 1 heterocycles. The van der Waals surface area contributed by atoms with E-state index in [1.54, 1.807) is 24.1 Å². The molecule has 1 aromatic heterocycles. The summed E-state index contributed by atoms with van der Waals surface area (Å²) in [6.07, 6.45) is 2.18. The summed E-state index contributed by atoms with van der Waals surface area (Å²) in [6, 6.07) is 14.9. The van der Waals surface area contributed by atoms with Gasteiger partial charge in [-0.25, -0.2) is 4.98 Å². The molecule has 0 bridgehead atoms. The Hall–Kier alpha value is -3.19. The highest BCUT2D eigenvalue weighted by Gasteiger charge is 2.33. The summed E-state index contributed by atoms with van der Waals surface area (Å²) in [5.74, 6) is 0.296. The number of benzene rings is 2. The number of aliphatic hydroxyl groups excluding tert-OH is 1. The molecular weight excluding hydrogens is 382 g/mol. The fourth-order valence-corrected chi connectivity index (χ4v) is 3.99. The van der Waals surface area contributed by atoms with Crippen molar-refractivity contribution in [2.45, 2.75) is 25.3 Å². The van der Waals surface area contributed by atoms with Gasteiger partial charge in [0.25, 0.3) is 5.91 Å². The van der Waals surface area contributed by atoms with E-state index in [0.29, 0.717) is 17.9 Å². The minimum Gasteiger partial charge on any atom is -0.436 e. The molecule has 1 aliphatic rings. The third-order valence-corrected chi connectivity index (χ3v) is 5.73. The van der Waals surface area contributed by atoms with Gasteiger partial charge in [0, 0.05) is 36.7 Å². The number of oxazole rings is 1. The zero-order valence-electron chi connectivity index (χ0n) is 16.9. The molecule has 7 nitrogen and oxygen atoms in total. The number of fused-ring (bicyclic) bond motifs is 1. The molecule has 0 saturated heterocycles. The van der Waals surface area contributed by atoms with Gasteiger partial charge in [-0.15, -0.1) is 0 Å². The molecule has 0 aliphatic heterocycles. The second-order valence-corrected chi connectivity index (χ2v) is 7.66. The highest BCUT2D eigenvalue weighted by atomic mass is 16.3. The van der Waals surface area contributed by atoms with Crippen LogP contribution in [0.15, 0.2) is 52.9 Å². The number of carbonyl (C=O) groups is 2. The molecule has 2 N–H and O–H groups in total. The van der Waals surface area contributed by atoms with E-state index in [0.717, 1.165) is 29.5 Å². The van der Waals surface area contributed by atoms with Gasteiger partial charge in [-0.1, -0.05) is 12.1 Å². The molecule has 7 heteroatoms. The number of para-hydroxylation sites is 2. The second-order valence-electron chi connectivity index (χ2n) is 7.66. The van der Waals surface area contributed by atoms with Crippen LogP contribution in [-0.4, -0.2) is 53.0 Å². The van der Waals surface area contributed by atoms with Gasteiger partial charge in [-0.05, 0) is 55.7 Å². The number of carbonyl (C=O) groups excluding carboxylic acids is 2. The van der Waals surface area contributed by atoms with Crippen LogP contribution in [0.5, 0.6) is 0 Å². The first-order chi connectivity index (χ1) is 14.6. The van der Waals surface area contributed by atoms with Crippen LogP contribution in [0.1, 0.15) is 29.6 Å².